The van der Waals surface area contributed by atoms with Crippen molar-refractivity contribution in [1.29, 1.82) is 0 Å². The summed E-state index contributed by atoms with van der Waals surface area (Å²) in [6.07, 6.45) is 3.25. The van der Waals surface area contributed by atoms with Gasteiger partial charge < -0.3 is 14.5 Å². The van der Waals surface area contributed by atoms with Crippen LogP contribution in [-0.4, -0.2) is 63.8 Å². The van der Waals surface area contributed by atoms with Gasteiger partial charge in [0.05, 0.1) is 30.1 Å². The molecule has 144 valence electrons. The highest BCUT2D eigenvalue weighted by molar-refractivity contribution is 5.95. The van der Waals surface area contributed by atoms with Crippen molar-refractivity contribution in [3.8, 4) is 5.88 Å². The number of carbonyl (C=O) groups is 1. The van der Waals surface area contributed by atoms with Crippen molar-refractivity contribution in [3.63, 3.8) is 0 Å². The molecule has 0 N–H and O–H groups in total. The molecule has 1 atom stereocenters. The molecule has 8 nitrogen and oxygen atoms in total. The van der Waals surface area contributed by atoms with E-state index in [-0.39, 0.29) is 11.9 Å². The van der Waals surface area contributed by atoms with Crippen LogP contribution >= 0.6 is 0 Å². The minimum absolute atomic E-state index is 0.0192. The van der Waals surface area contributed by atoms with Crippen LogP contribution in [0.25, 0.3) is 0 Å². The normalized spacial score (nSPS) is 16.4. The molecule has 1 fully saturated rings. The quantitative estimate of drug-likeness (QED) is 0.767. The van der Waals surface area contributed by atoms with E-state index >= 15 is 0 Å². The molecule has 3 rings (SSSR count). The van der Waals surface area contributed by atoms with Crippen LogP contribution in [0.1, 0.15) is 42.0 Å². The highest BCUT2D eigenvalue weighted by atomic mass is 16.5. The zero-order valence-electron chi connectivity index (χ0n) is 16.3. The highest BCUT2D eigenvalue weighted by Gasteiger charge is 2.32. The molecular weight excluding hydrogens is 344 g/mol. The number of likely N-dealkylation sites (N-methyl/N-ethyl adjacent to an activating group) is 1. The van der Waals surface area contributed by atoms with Gasteiger partial charge in [0.1, 0.15) is 0 Å². The summed E-state index contributed by atoms with van der Waals surface area (Å²) in [5.74, 6) is 1.19. The monoisotopic (exact) mass is 370 g/mol. The number of amides is 1. The van der Waals surface area contributed by atoms with E-state index in [9.17, 15) is 4.79 Å². The second kappa shape index (κ2) is 8.28. The number of hydrogen-bond donors (Lipinski definition) is 0. The fourth-order valence-electron chi connectivity index (χ4n) is 3.46. The second-order valence-electron chi connectivity index (χ2n) is 6.58. The van der Waals surface area contributed by atoms with Crippen LogP contribution in [0.5, 0.6) is 5.88 Å². The molecule has 1 aliphatic heterocycles. The Balaban J connectivity index is 1.78. The van der Waals surface area contributed by atoms with E-state index in [2.05, 4.69) is 25.1 Å². The second-order valence-corrected chi connectivity index (χ2v) is 6.58. The Morgan fingerprint density at radius 2 is 2.19 bits per heavy atom. The van der Waals surface area contributed by atoms with Gasteiger partial charge in [0.25, 0.3) is 5.91 Å². The van der Waals surface area contributed by atoms with E-state index < -0.39 is 0 Å². The fraction of sp³-hybridized carbons (Fsp3) is 0.526. The fourth-order valence-corrected chi connectivity index (χ4v) is 3.46. The van der Waals surface area contributed by atoms with E-state index in [4.69, 9.17) is 4.74 Å². The third-order valence-corrected chi connectivity index (χ3v) is 4.87. The van der Waals surface area contributed by atoms with Crippen molar-refractivity contribution in [3.05, 3.63) is 35.3 Å². The molecule has 0 bridgehead atoms. The zero-order valence-corrected chi connectivity index (χ0v) is 16.3. The van der Waals surface area contributed by atoms with Gasteiger partial charge in [-0.25, -0.2) is 4.98 Å². The molecule has 0 aliphatic carbocycles. The summed E-state index contributed by atoms with van der Waals surface area (Å²) in [4.78, 5) is 26.0. The van der Waals surface area contributed by atoms with Gasteiger partial charge in [-0.1, -0.05) is 6.92 Å². The van der Waals surface area contributed by atoms with E-state index in [0.717, 1.165) is 24.4 Å². The molecular formula is C19H26N6O2. The molecule has 0 radical (unpaired) electrons. The van der Waals surface area contributed by atoms with Gasteiger partial charge in [-0.3, -0.25) is 4.79 Å². The SMILES string of the molecule is CCc1nnc(C)cc1C(=O)N(CC)C1CCN(c2nccc(OC)n2)C1. The van der Waals surface area contributed by atoms with E-state index in [1.807, 2.05) is 31.7 Å². The average Bonchev–Trinajstić information content (AvgIpc) is 3.18. The zero-order chi connectivity index (χ0) is 19.4. The first-order valence-electron chi connectivity index (χ1n) is 9.33. The molecule has 2 aromatic rings. The third-order valence-electron chi connectivity index (χ3n) is 4.87. The van der Waals surface area contributed by atoms with Crippen LogP contribution in [0.3, 0.4) is 0 Å². The van der Waals surface area contributed by atoms with Crippen molar-refractivity contribution < 1.29 is 9.53 Å². The summed E-state index contributed by atoms with van der Waals surface area (Å²) >= 11 is 0. The number of ether oxygens (including phenoxy) is 1. The first kappa shape index (κ1) is 19.0. The van der Waals surface area contributed by atoms with Gasteiger partial charge in [-0.15, -0.1) is 0 Å². The molecule has 2 aromatic heterocycles. The van der Waals surface area contributed by atoms with Crippen molar-refractivity contribution in [2.75, 3.05) is 31.6 Å². The topological polar surface area (TPSA) is 84.3 Å². The number of anilines is 1. The molecule has 1 saturated heterocycles. The third kappa shape index (κ3) is 3.99. The van der Waals surface area contributed by atoms with Crippen molar-refractivity contribution in [1.82, 2.24) is 25.1 Å². The molecule has 8 heteroatoms. The lowest BCUT2D eigenvalue weighted by Crippen LogP contribution is -2.42. The molecule has 1 aliphatic rings. The number of aromatic nitrogens is 4. The lowest BCUT2D eigenvalue weighted by Gasteiger charge is -2.28. The average molecular weight is 370 g/mol. The minimum atomic E-state index is 0.0192. The van der Waals surface area contributed by atoms with Crippen LogP contribution in [-0.2, 0) is 6.42 Å². The van der Waals surface area contributed by atoms with E-state index in [1.54, 1.807) is 19.4 Å². The van der Waals surface area contributed by atoms with E-state index in [0.29, 0.717) is 36.9 Å². The van der Waals surface area contributed by atoms with Crippen molar-refractivity contribution >= 4 is 11.9 Å². The summed E-state index contributed by atoms with van der Waals surface area (Å²) in [5, 5.41) is 8.29. The van der Waals surface area contributed by atoms with Gasteiger partial charge in [0.15, 0.2) is 0 Å². The smallest absolute Gasteiger partial charge is 0.256 e. The summed E-state index contributed by atoms with van der Waals surface area (Å²) < 4.78 is 5.19. The molecule has 0 spiro atoms. The van der Waals surface area contributed by atoms with Crippen LogP contribution in [0.15, 0.2) is 18.3 Å². The Kier molecular flexibility index (Phi) is 5.83. The van der Waals surface area contributed by atoms with Crippen LogP contribution < -0.4 is 9.64 Å². The summed E-state index contributed by atoms with van der Waals surface area (Å²) in [7, 11) is 1.59. The summed E-state index contributed by atoms with van der Waals surface area (Å²) in [6.45, 7) is 8.00. The Bertz CT molecular complexity index is 813. The maximum absolute atomic E-state index is 13.2. The predicted octanol–water partition coefficient (Wildman–Crippen LogP) is 1.89. The Morgan fingerprint density at radius 1 is 1.37 bits per heavy atom. The lowest BCUT2D eigenvalue weighted by atomic mass is 10.1. The minimum Gasteiger partial charge on any atom is -0.481 e. The molecule has 27 heavy (non-hydrogen) atoms. The number of rotatable bonds is 6. The van der Waals surface area contributed by atoms with E-state index in [1.165, 1.54) is 0 Å². The first-order chi connectivity index (χ1) is 13.1. The van der Waals surface area contributed by atoms with Crippen molar-refractivity contribution in [2.45, 2.75) is 39.7 Å². The summed E-state index contributed by atoms with van der Waals surface area (Å²) in [5.41, 5.74) is 2.15. The van der Waals surface area contributed by atoms with Crippen LogP contribution in [0, 0.1) is 6.92 Å². The Morgan fingerprint density at radius 3 is 2.89 bits per heavy atom. The van der Waals surface area contributed by atoms with Gasteiger partial charge in [-0.2, -0.15) is 15.2 Å². The highest BCUT2D eigenvalue weighted by Crippen LogP contribution is 2.23. The molecule has 0 aromatic carbocycles. The predicted molar refractivity (Wildman–Crippen MR) is 102 cm³/mol. The van der Waals surface area contributed by atoms with Gasteiger partial charge in [0, 0.05) is 31.9 Å². The molecule has 1 amide bonds. The molecule has 1 unspecified atom stereocenters. The van der Waals surface area contributed by atoms with Gasteiger partial charge in [-0.05, 0) is 32.8 Å². The van der Waals surface area contributed by atoms with Gasteiger partial charge in [0.2, 0.25) is 11.8 Å². The first-order valence-corrected chi connectivity index (χ1v) is 9.33. The van der Waals surface area contributed by atoms with Crippen molar-refractivity contribution in [2.24, 2.45) is 0 Å². The number of aryl methyl sites for hydroxylation is 2. The molecule has 3 heterocycles. The van der Waals surface area contributed by atoms with Gasteiger partial charge >= 0.3 is 0 Å². The van der Waals surface area contributed by atoms with Crippen LogP contribution in [0.2, 0.25) is 0 Å². The lowest BCUT2D eigenvalue weighted by molar-refractivity contribution is 0.0703. The number of methoxy groups -OCH3 is 1. The summed E-state index contributed by atoms with van der Waals surface area (Å²) in [6, 6.07) is 3.68. The standard InChI is InChI=1S/C19H26N6O2/c1-5-16-15(11-13(3)22-23-16)18(26)25(6-2)14-8-10-24(12-14)19-20-9-7-17(21-19)27-4/h7,9,11,14H,5-6,8,10,12H2,1-4H3. The number of nitrogens with zero attached hydrogens (tertiary/aromatic N) is 6. The largest absolute Gasteiger partial charge is 0.481 e. The van der Waals surface area contributed by atoms with Crippen LogP contribution in [0.4, 0.5) is 5.95 Å². The Hall–Kier alpha value is -2.77. The maximum Gasteiger partial charge on any atom is 0.256 e. The Labute approximate surface area is 159 Å². The molecule has 0 saturated carbocycles. The number of carbonyl (C=O) groups excluding carboxylic acids is 1. The maximum atomic E-state index is 13.2. The number of hydrogen-bond acceptors (Lipinski definition) is 7.